The zero-order valence-electron chi connectivity index (χ0n) is 17.9. The zero-order valence-corrected chi connectivity index (χ0v) is 18.7. The van der Waals surface area contributed by atoms with Gasteiger partial charge in [-0.25, -0.2) is 18.7 Å². The smallest absolute Gasteiger partial charge is 0.264 e. The molecule has 3 rings (SSSR count). The zero-order chi connectivity index (χ0) is 24.0. The summed E-state index contributed by atoms with van der Waals surface area (Å²) in [5.74, 6) is -1.75. The fraction of sp³-hybridized carbons (Fsp3) is 0.316. The number of nitrogens with one attached hydrogen (secondary N) is 1. The second-order valence-electron chi connectivity index (χ2n) is 6.56. The van der Waals surface area contributed by atoms with Crippen molar-refractivity contribution in [2.75, 3.05) is 32.4 Å². The van der Waals surface area contributed by atoms with Gasteiger partial charge in [-0.15, -0.1) is 0 Å². The van der Waals surface area contributed by atoms with E-state index in [9.17, 15) is 17.2 Å². The first-order valence-electron chi connectivity index (χ1n) is 9.37. The molecule has 0 aliphatic carbocycles. The van der Waals surface area contributed by atoms with Crippen LogP contribution in [0.5, 0.6) is 17.2 Å². The standard InChI is InChI=1S/C19H21F2N5O6S/c1-29-15-6-16(30-2)18(21)14(17(15)20)11-31-13-8-22-19(23-9-13)25-12-7-24-26(10-12)4-5-32-33(3,27)28/h6-10H,4-5,11H2,1-3H3,(H,22,23,25). The molecule has 0 amide bonds. The minimum absolute atomic E-state index is 0.0527. The topological polar surface area (TPSA) is 127 Å². The van der Waals surface area contributed by atoms with Gasteiger partial charge in [-0.1, -0.05) is 0 Å². The van der Waals surface area contributed by atoms with Crippen LogP contribution in [0.25, 0.3) is 0 Å². The van der Waals surface area contributed by atoms with Gasteiger partial charge in [0.25, 0.3) is 10.1 Å². The van der Waals surface area contributed by atoms with Gasteiger partial charge in [0, 0.05) is 12.3 Å². The Balaban J connectivity index is 1.60. The molecule has 0 aliphatic rings. The third-order valence-corrected chi connectivity index (χ3v) is 4.78. The van der Waals surface area contributed by atoms with E-state index >= 15 is 0 Å². The number of ether oxygens (including phenoxy) is 3. The fourth-order valence-corrected chi connectivity index (χ4v) is 3.01. The molecule has 1 aromatic carbocycles. The summed E-state index contributed by atoms with van der Waals surface area (Å²) >= 11 is 0. The Labute approximate surface area is 188 Å². The largest absolute Gasteiger partial charge is 0.494 e. The van der Waals surface area contributed by atoms with Crippen LogP contribution >= 0.6 is 0 Å². The van der Waals surface area contributed by atoms with E-state index in [4.69, 9.17) is 14.2 Å². The average Bonchev–Trinajstić information content (AvgIpc) is 3.21. The van der Waals surface area contributed by atoms with Crippen LogP contribution in [-0.2, 0) is 27.5 Å². The minimum atomic E-state index is -3.52. The third-order valence-electron chi connectivity index (χ3n) is 4.18. The lowest BCUT2D eigenvalue weighted by Gasteiger charge is -2.13. The van der Waals surface area contributed by atoms with Crippen LogP contribution in [0.3, 0.4) is 0 Å². The summed E-state index contributed by atoms with van der Waals surface area (Å²) in [6.45, 7) is -0.267. The number of hydrogen-bond donors (Lipinski definition) is 1. The summed E-state index contributed by atoms with van der Waals surface area (Å²) in [7, 11) is -1.00. The van der Waals surface area contributed by atoms with E-state index in [-0.39, 0.29) is 41.9 Å². The van der Waals surface area contributed by atoms with Crippen LogP contribution in [0.2, 0.25) is 0 Å². The Morgan fingerprint density at radius 2 is 1.70 bits per heavy atom. The third kappa shape index (κ3) is 6.49. The maximum absolute atomic E-state index is 14.4. The Morgan fingerprint density at radius 3 is 2.27 bits per heavy atom. The number of aromatic nitrogens is 4. The predicted octanol–water partition coefficient (Wildman–Crippen LogP) is 2.27. The molecule has 0 aliphatic heterocycles. The van der Waals surface area contributed by atoms with Gasteiger partial charge in [0.05, 0.1) is 63.5 Å². The highest BCUT2D eigenvalue weighted by Crippen LogP contribution is 2.32. The highest BCUT2D eigenvalue weighted by atomic mass is 32.2. The van der Waals surface area contributed by atoms with E-state index in [2.05, 4.69) is 24.6 Å². The lowest BCUT2D eigenvalue weighted by molar-refractivity contribution is 0.280. The molecule has 2 heterocycles. The van der Waals surface area contributed by atoms with Crippen molar-refractivity contribution in [2.45, 2.75) is 13.2 Å². The Hall–Kier alpha value is -3.52. The first kappa shape index (κ1) is 24.1. The number of methoxy groups -OCH3 is 2. The van der Waals surface area contributed by atoms with Crippen LogP contribution in [0.4, 0.5) is 20.4 Å². The first-order chi connectivity index (χ1) is 15.7. The van der Waals surface area contributed by atoms with E-state index < -0.39 is 28.4 Å². The normalized spacial score (nSPS) is 11.3. The molecule has 0 bridgehead atoms. The van der Waals surface area contributed by atoms with Crippen molar-refractivity contribution in [3.63, 3.8) is 0 Å². The van der Waals surface area contributed by atoms with Crippen LogP contribution in [0, 0.1) is 11.6 Å². The SMILES string of the molecule is COc1cc(OC)c(F)c(COc2cnc(Nc3cnn(CCOS(C)(=O)=O)c3)nc2)c1F. The van der Waals surface area contributed by atoms with Gasteiger partial charge in [0.1, 0.15) is 6.61 Å². The number of benzene rings is 1. The second kappa shape index (κ2) is 10.4. The van der Waals surface area contributed by atoms with Crippen molar-refractivity contribution in [1.82, 2.24) is 19.7 Å². The number of rotatable bonds is 11. The molecule has 2 aromatic heterocycles. The fourth-order valence-electron chi connectivity index (χ4n) is 2.64. The van der Waals surface area contributed by atoms with Crippen LogP contribution in [-0.4, -0.2) is 55.2 Å². The van der Waals surface area contributed by atoms with Gasteiger partial charge in [0.2, 0.25) is 5.95 Å². The van der Waals surface area contributed by atoms with E-state index in [1.165, 1.54) is 37.5 Å². The van der Waals surface area contributed by atoms with Gasteiger partial charge in [0.15, 0.2) is 28.9 Å². The molecule has 0 fully saturated rings. The molecule has 1 N–H and O–H groups in total. The van der Waals surface area contributed by atoms with Crippen molar-refractivity contribution in [1.29, 1.82) is 0 Å². The highest BCUT2D eigenvalue weighted by molar-refractivity contribution is 7.85. The lowest BCUT2D eigenvalue weighted by Crippen LogP contribution is -2.10. The number of halogens is 2. The number of anilines is 2. The maximum atomic E-state index is 14.4. The van der Waals surface area contributed by atoms with E-state index in [1.807, 2.05) is 0 Å². The lowest BCUT2D eigenvalue weighted by atomic mass is 10.1. The van der Waals surface area contributed by atoms with Crippen LogP contribution in [0.15, 0.2) is 30.9 Å². The molecular formula is C19H21F2N5O6S. The number of hydrogen-bond acceptors (Lipinski definition) is 10. The molecule has 33 heavy (non-hydrogen) atoms. The van der Waals surface area contributed by atoms with Gasteiger partial charge in [-0.3, -0.25) is 8.86 Å². The molecule has 0 saturated heterocycles. The molecule has 11 nitrogen and oxygen atoms in total. The summed E-state index contributed by atoms with van der Waals surface area (Å²) in [6.07, 6.45) is 6.73. The predicted molar refractivity (Wildman–Crippen MR) is 112 cm³/mol. The Bertz CT molecular complexity index is 1180. The molecule has 178 valence electrons. The van der Waals surface area contributed by atoms with Crippen molar-refractivity contribution >= 4 is 21.8 Å². The van der Waals surface area contributed by atoms with E-state index in [1.54, 1.807) is 6.20 Å². The van der Waals surface area contributed by atoms with Gasteiger partial charge in [-0.05, 0) is 0 Å². The second-order valence-corrected chi connectivity index (χ2v) is 8.21. The van der Waals surface area contributed by atoms with Crippen LogP contribution < -0.4 is 19.5 Å². The van der Waals surface area contributed by atoms with Gasteiger partial charge >= 0.3 is 0 Å². The maximum Gasteiger partial charge on any atom is 0.264 e. The van der Waals surface area contributed by atoms with Crippen molar-refractivity contribution in [2.24, 2.45) is 0 Å². The minimum Gasteiger partial charge on any atom is -0.494 e. The van der Waals surface area contributed by atoms with Crippen molar-refractivity contribution < 1.29 is 35.6 Å². The van der Waals surface area contributed by atoms with E-state index in [0.717, 1.165) is 12.3 Å². The monoisotopic (exact) mass is 485 g/mol. The molecule has 0 saturated carbocycles. The molecule has 0 radical (unpaired) electrons. The first-order valence-corrected chi connectivity index (χ1v) is 11.2. The quantitative estimate of drug-likeness (QED) is 0.404. The molecule has 0 atom stereocenters. The van der Waals surface area contributed by atoms with Crippen molar-refractivity contribution in [3.05, 3.63) is 48.1 Å². The van der Waals surface area contributed by atoms with E-state index in [0.29, 0.717) is 5.69 Å². The summed E-state index contributed by atoms with van der Waals surface area (Å²) in [4.78, 5) is 8.15. The highest BCUT2D eigenvalue weighted by Gasteiger charge is 2.20. The average molecular weight is 485 g/mol. The molecule has 3 aromatic rings. The van der Waals surface area contributed by atoms with Gasteiger partial charge in [-0.2, -0.15) is 13.5 Å². The molecule has 0 unspecified atom stereocenters. The molecular weight excluding hydrogens is 464 g/mol. The summed E-state index contributed by atoms with van der Waals surface area (Å²) in [6, 6.07) is 1.11. The number of nitrogens with zero attached hydrogens (tertiary/aromatic N) is 4. The summed E-state index contributed by atoms with van der Waals surface area (Å²) in [5, 5.41) is 6.97. The van der Waals surface area contributed by atoms with Crippen LogP contribution in [0.1, 0.15) is 5.56 Å². The Morgan fingerprint density at radius 1 is 1.06 bits per heavy atom. The molecule has 0 spiro atoms. The summed E-state index contributed by atoms with van der Waals surface area (Å²) < 4.78 is 72.1. The Kier molecular flexibility index (Phi) is 7.60. The van der Waals surface area contributed by atoms with Gasteiger partial charge < -0.3 is 19.5 Å². The summed E-state index contributed by atoms with van der Waals surface area (Å²) in [5.41, 5.74) is 0.191. The van der Waals surface area contributed by atoms with Crippen molar-refractivity contribution in [3.8, 4) is 17.2 Å². The molecule has 14 heteroatoms.